The summed E-state index contributed by atoms with van der Waals surface area (Å²) in [5.41, 5.74) is 0. The molecule has 0 saturated carbocycles. The van der Waals surface area contributed by atoms with Crippen LogP contribution in [0.25, 0.3) is 0 Å². The number of carbonyl (C=O) groups excluding carboxylic acids is 2. The van der Waals surface area contributed by atoms with Gasteiger partial charge in [0.25, 0.3) is 0 Å². The molecular weight excluding hydrogens is 235 g/mol. The SMILES string of the molecule is CCCCCC/C=C/OC(=O)CCC(=O)[O-].[Al+3]. The first kappa shape index (κ1) is 18.6. The van der Waals surface area contributed by atoms with Gasteiger partial charge < -0.3 is 14.6 Å². The monoisotopic (exact) mass is 254 g/mol. The number of unbranched alkanes of at least 4 members (excludes halogenated alkanes) is 4. The molecule has 0 aromatic heterocycles. The van der Waals surface area contributed by atoms with E-state index in [0.29, 0.717) is 0 Å². The number of carbonyl (C=O) groups is 2. The van der Waals surface area contributed by atoms with Crippen LogP contribution in [0.3, 0.4) is 0 Å². The Labute approximate surface area is 113 Å². The third kappa shape index (κ3) is 15.2. The number of allylic oxidation sites excluding steroid dienone is 1. The van der Waals surface area contributed by atoms with Gasteiger partial charge in [0.2, 0.25) is 0 Å². The van der Waals surface area contributed by atoms with E-state index in [4.69, 9.17) is 0 Å². The van der Waals surface area contributed by atoms with Crippen LogP contribution in [0.4, 0.5) is 0 Å². The minimum atomic E-state index is -1.24. The molecule has 0 heterocycles. The van der Waals surface area contributed by atoms with Gasteiger partial charge >= 0.3 is 23.3 Å². The second-order valence-electron chi connectivity index (χ2n) is 3.58. The summed E-state index contributed by atoms with van der Waals surface area (Å²) in [4.78, 5) is 21.0. The molecule has 0 aliphatic heterocycles. The molecule has 0 amide bonds. The van der Waals surface area contributed by atoms with Crippen molar-refractivity contribution in [3.63, 3.8) is 0 Å². The maximum atomic E-state index is 10.9. The maximum absolute atomic E-state index is 10.9. The largest absolute Gasteiger partial charge is 3.00 e. The van der Waals surface area contributed by atoms with Gasteiger partial charge in [0.05, 0.1) is 12.7 Å². The molecule has 4 nitrogen and oxygen atoms in total. The van der Waals surface area contributed by atoms with E-state index in [0.717, 1.165) is 12.8 Å². The standard InChI is InChI=1S/C12H20O4.Al/c1-2-3-4-5-6-7-10-16-12(15)9-8-11(13)14;/h7,10H,2-6,8-9H2,1H3,(H,13,14);/q;+3/p-1/b10-7+;. The van der Waals surface area contributed by atoms with E-state index >= 15 is 0 Å². The summed E-state index contributed by atoms with van der Waals surface area (Å²) in [5.74, 6) is -1.77. The molecule has 17 heavy (non-hydrogen) atoms. The Morgan fingerprint density at radius 2 is 1.88 bits per heavy atom. The Balaban J connectivity index is 0. The Morgan fingerprint density at radius 1 is 1.18 bits per heavy atom. The van der Waals surface area contributed by atoms with Crippen molar-refractivity contribution >= 4 is 29.3 Å². The molecule has 0 rings (SSSR count). The van der Waals surface area contributed by atoms with E-state index in [9.17, 15) is 14.7 Å². The number of aliphatic carboxylic acids is 1. The van der Waals surface area contributed by atoms with E-state index in [2.05, 4.69) is 11.7 Å². The molecule has 0 aromatic carbocycles. The molecule has 0 unspecified atom stereocenters. The van der Waals surface area contributed by atoms with Gasteiger partial charge in [-0.2, -0.15) is 0 Å². The van der Waals surface area contributed by atoms with Crippen molar-refractivity contribution in [2.24, 2.45) is 0 Å². The van der Waals surface area contributed by atoms with E-state index in [-0.39, 0.29) is 30.2 Å². The van der Waals surface area contributed by atoms with Crippen LogP contribution < -0.4 is 5.11 Å². The normalized spacial score (nSPS) is 9.94. The summed E-state index contributed by atoms with van der Waals surface area (Å²) < 4.78 is 4.69. The molecule has 0 aromatic rings. The summed E-state index contributed by atoms with van der Waals surface area (Å²) in [5, 5.41) is 10.0. The molecular formula is C12H19AlO4+2. The minimum Gasteiger partial charge on any atom is -0.550 e. The number of hydrogen-bond donors (Lipinski definition) is 0. The number of ether oxygens (including phenoxy) is 1. The van der Waals surface area contributed by atoms with Crippen molar-refractivity contribution in [1.29, 1.82) is 0 Å². The Kier molecular flexibility index (Phi) is 14.5. The van der Waals surface area contributed by atoms with Crippen molar-refractivity contribution in [2.75, 3.05) is 0 Å². The zero-order valence-corrected chi connectivity index (χ0v) is 11.5. The van der Waals surface area contributed by atoms with E-state index in [1.807, 2.05) is 0 Å². The number of hydrogen-bond acceptors (Lipinski definition) is 4. The fourth-order valence-corrected chi connectivity index (χ4v) is 1.14. The molecule has 5 heteroatoms. The van der Waals surface area contributed by atoms with E-state index in [1.54, 1.807) is 6.08 Å². The zero-order valence-electron chi connectivity index (χ0n) is 10.3. The average Bonchev–Trinajstić information content (AvgIpc) is 2.25. The second kappa shape index (κ2) is 13.3. The molecule has 0 atom stereocenters. The number of carboxylic acid groups (broad SMARTS) is 1. The van der Waals surface area contributed by atoms with Crippen molar-refractivity contribution < 1.29 is 19.4 Å². The molecule has 0 aliphatic carbocycles. The van der Waals surface area contributed by atoms with Gasteiger partial charge in [-0.05, 0) is 25.3 Å². The van der Waals surface area contributed by atoms with Gasteiger partial charge in [-0.25, -0.2) is 0 Å². The van der Waals surface area contributed by atoms with Crippen LogP contribution in [0, 0.1) is 0 Å². The molecule has 92 valence electrons. The summed E-state index contributed by atoms with van der Waals surface area (Å²) in [6.07, 6.45) is 8.26. The third-order valence-electron chi connectivity index (χ3n) is 2.05. The third-order valence-corrected chi connectivity index (χ3v) is 2.05. The molecule has 0 bridgehead atoms. The summed E-state index contributed by atoms with van der Waals surface area (Å²) in [6, 6.07) is 0. The van der Waals surface area contributed by atoms with Gasteiger partial charge in [0.15, 0.2) is 0 Å². The molecule has 0 spiro atoms. The second-order valence-corrected chi connectivity index (χ2v) is 3.58. The Bertz CT molecular complexity index is 239. The van der Waals surface area contributed by atoms with Crippen molar-refractivity contribution in [2.45, 2.75) is 51.9 Å². The van der Waals surface area contributed by atoms with Gasteiger partial charge in [-0.15, -0.1) is 0 Å². The average molecular weight is 254 g/mol. The first-order valence-electron chi connectivity index (χ1n) is 5.71. The van der Waals surface area contributed by atoms with Gasteiger partial charge in [-0.3, -0.25) is 4.79 Å². The smallest absolute Gasteiger partial charge is 0.550 e. The minimum absolute atomic E-state index is 0. The fraction of sp³-hybridized carbons (Fsp3) is 0.667. The van der Waals surface area contributed by atoms with Crippen LogP contribution in [0.5, 0.6) is 0 Å². The zero-order chi connectivity index (χ0) is 12.2. The van der Waals surface area contributed by atoms with E-state index in [1.165, 1.54) is 25.5 Å². The predicted octanol–water partition coefficient (Wildman–Crippen LogP) is 1.16. The van der Waals surface area contributed by atoms with Crippen molar-refractivity contribution in [3.05, 3.63) is 12.3 Å². The van der Waals surface area contributed by atoms with Crippen molar-refractivity contribution in [1.82, 2.24) is 0 Å². The van der Waals surface area contributed by atoms with Crippen LogP contribution in [-0.2, 0) is 14.3 Å². The van der Waals surface area contributed by atoms with Crippen LogP contribution in [-0.4, -0.2) is 29.3 Å². The van der Waals surface area contributed by atoms with Crippen molar-refractivity contribution in [3.8, 4) is 0 Å². The molecule has 0 fully saturated rings. The molecule has 0 saturated heterocycles. The van der Waals surface area contributed by atoms with Crippen LogP contribution >= 0.6 is 0 Å². The van der Waals surface area contributed by atoms with Crippen LogP contribution in [0.2, 0.25) is 0 Å². The Morgan fingerprint density at radius 3 is 2.47 bits per heavy atom. The molecule has 0 radical (unpaired) electrons. The summed E-state index contributed by atoms with van der Waals surface area (Å²) in [6.45, 7) is 2.15. The maximum Gasteiger partial charge on any atom is 3.00 e. The quantitative estimate of drug-likeness (QED) is 0.268. The van der Waals surface area contributed by atoms with E-state index < -0.39 is 11.9 Å². The predicted molar refractivity (Wildman–Crippen MR) is 64.0 cm³/mol. The first-order chi connectivity index (χ1) is 7.66. The van der Waals surface area contributed by atoms with Gasteiger partial charge in [-0.1, -0.05) is 26.2 Å². The Hall–Kier alpha value is -0.788. The number of carboxylic acids is 1. The van der Waals surface area contributed by atoms with Crippen LogP contribution in [0.1, 0.15) is 51.9 Å². The number of esters is 1. The molecule has 0 N–H and O–H groups in total. The van der Waals surface area contributed by atoms with Gasteiger partial charge in [0.1, 0.15) is 0 Å². The van der Waals surface area contributed by atoms with Crippen LogP contribution in [0.15, 0.2) is 12.3 Å². The summed E-state index contributed by atoms with van der Waals surface area (Å²) >= 11 is 0. The first-order valence-corrected chi connectivity index (χ1v) is 5.71. The summed E-state index contributed by atoms with van der Waals surface area (Å²) in [7, 11) is 0. The van der Waals surface area contributed by atoms with Gasteiger partial charge in [0, 0.05) is 5.97 Å². The molecule has 0 aliphatic rings. The topological polar surface area (TPSA) is 66.4 Å². The number of rotatable bonds is 9. The fourth-order valence-electron chi connectivity index (χ4n) is 1.14.